The van der Waals surface area contributed by atoms with Gasteiger partial charge >= 0.3 is 0 Å². The van der Waals surface area contributed by atoms with Crippen LogP contribution in [0.1, 0.15) is 25.7 Å². The molecule has 0 aromatic rings. The first-order chi connectivity index (χ1) is 5.88. The van der Waals surface area contributed by atoms with Crippen molar-refractivity contribution in [1.29, 1.82) is 0 Å². The lowest BCUT2D eigenvalue weighted by Crippen LogP contribution is -2.42. The van der Waals surface area contributed by atoms with Gasteiger partial charge in [-0.3, -0.25) is 4.90 Å². The Kier molecular flexibility index (Phi) is 4.58. The maximum atomic E-state index is 9.09. The van der Waals surface area contributed by atoms with Gasteiger partial charge in [0.15, 0.2) is 0 Å². The quantitative estimate of drug-likeness (QED) is 0.636. The minimum atomic E-state index is 0.310. The molecule has 0 saturated carbocycles. The summed E-state index contributed by atoms with van der Waals surface area (Å²) in [5, 5.41) is 9.09. The molecule has 3 heteroatoms. The van der Waals surface area contributed by atoms with Crippen molar-refractivity contribution >= 4 is 0 Å². The Morgan fingerprint density at radius 2 is 2.25 bits per heavy atom. The predicted octanol–water partition coefficient (Wildman–Crippen LogP) is 0.182. The Bertz CT molecular complexity index is 119. The molecule has 1 unspecified atom stereocenters. The molecular formula is C9H20N2O. The fraction of sp³-hybridized carbons (Fsp3) is 1.00. The molecular weight excluding hydrogens is 152 g/mol. The van der Waals surface area contributed by atoms with Crippen LogP contribution in [0.5, 0.6) is 0 Å². The van der Waals surface area contributed by atoms with Gasteiger partial charge in [-0.25, -0.2) is 0 Å². The van der Waals surface area contributed by atoms with E-state index >= 15 is 0 Å². The molecule has 0 amide bonds. The summed E-state index contributed by atoms with van der Waals surface area (Å²) >= 11 is 0. The normalized spacial score (nSPS) is 26.0. The summed E-state index contributed by atoms with van der Waals surface area (Å²) in [6.45, 7) is 3.27. The van der Waals surface area contributed by atoms with Gasteiger partial charge < -0.3 is 10.8 Å². The summed E-state index contributed by atoms with van der Waals surface area (Å²) in [4.78, 5) is 2.37. The zero-order chi connectivity index (χ0) is 8.81. The first-order valence-corrected chi connectivity index (χ1v) is 4.93. The van der Waals surface area contributed by atoms with Crippen LogP contribution >= 0.6 is 0 Å². The van der Waals surface area contributed by atoms with Gasteiger partial charge in [0.2, 0.25) is 0 Å². The molecule has 1 saturated heterocycles. The minimum absolute atomic E-state index is 0.310. The van der Waals surface area contributed by atoms with Crippen molar-refractivity contribution < 1.29 is 5.11 Å². The lowest BCUT2D eigenvalue weighted by molar-refractivity contribution is 0.0898. The Balaban J connectivity index is 2.26. The smallest absolute Gasteiger partial charge is 0.0586 e. The number of aliphatic hydroxyl groups is 1. The van der Waals surface area contributed by atoms with Crippen LogP contribution in [0, 0.1) is 0 Å². The van der Waals surface area contributed by atoms with Crippen molar-refractivity contribution in [1.82, 2.24) is 4.90 Å². The largest absolute Gasteiger partial charge is 0.395 e. The zero-order valence-electron chi connectivity index (χ0n) is 7.71. The van der Waals surface area contributed by atoms with Gasteiger partial charge in [-0.1, -0.05) is 6.42 Å². The Labute approximate surface area is 74.5 Å². The molecule has 0 bridgehead atoms. The molecule has 3 N–H and O–H groups in total. The van der Waals surface area contributed by atoms with Crippen LogP contribution in [0.15, 0.2) is 0 Å². The topological polar surface area (TPSA) is 49.5 Å². The summed E-state index contributed by atoms with van der Waals surface area (Å²) in [6, 6.07) is 0.408. The molecule has 3 nitrogen and oxygen atoms in total. The highest BCUT2D eigenvalue weighted by atomic mass is 16.3. The van der Waals surface area contributed by atoms with E-state index in [1.165, 1.54) is 12.8 Å². The molecule has 12 heavy (non-hydrogen) atoms. The van der Waals surface area contributed by atoms with E-state index in [0.717, 1.165) is 32.5 Å². The number of likely N-dealkylation sites (tertiary alicyclic amines) is 1. The summed E-state index contributed by atoms with van der Waals surface area (Å²) in [5.41, 5.74) is 5.44. The third-order valence-corrected chi connectivity index (χ3v) is 2.61. The van der Waals surface area contributed by atoms with Crippen molar-refractivity contribution in [3.63, 3.8) is 0 Å². The molecule has 1 aliphatic rings. The first kappa shape index (κ1) is 9.96. The highest BCUT2D eigenvalue weighted by Gasteiger charge is 2.20. The fourth-order valence-electron chi connectivity index (χ4n) is 1.86. The number of aliphatic hydroxyl groups excluding tert-OH is 1. The molecule has 0 aromatic carbocycles. The van der Waals surface area contributed by atoms with Gasteiger partial charge in [-0.15, -0.1) is 0 Å². The van der Waals surface area contributed by atoms with Crippen LogP contribution in [0.2, 0.25) is 0 Å². The lowest BCUT2D eigenvalue weighted by Gasteiger charge is -2.34. The Morgan fingerprint density at radius 3 is 2.92 bits per heavy atom. The summed E-state index contributed by atoms with van der Waals surface area (Å²) in [7, 11) is 0. The second kappa shape index (κ2) is 5.51. The van der Waals surface area contributed by atoms with Crippen LogP contribution in [0.3, 0.4) is 0 Å². The highest BCUT2D eigenvalue weighted by Crippen LogP contribution is 2.16. The number of nitrogens with zero attached hydrogens (tertiary/aromatic N) is 1. The third kappa shape index (κ3) is 2.73. The Morgan fingerprint density at radius 1 is 1.42 bits per heavy atom. The standard InChI is InChI=1S/C9H20N2O/c10-5-3-7-11-6-2-1-4-9(11)8-12/h9,12H,1-8,10H2. The molecule has 0 radical (unpaired) electrons. The molecule has 0 spiro atoms. The summed E-state index contributed by atoms with van der Waals surface area (Å²) < 4.78 is 0. The van der Waals surface area contributed by atoms with Crippen LogP contribution in [0.25, 0.3) is 0 Å². The zero-order valence-corrected chi connectivity index (χ0v) is 7.71. The second-order valence-electron chi connectivity index (χ2n) is 3.51. The van der Waals surface area contributed by atoms with E-state index < -0.39 is 0 Å². The van der Waals surface area contributed by atoms with Crippen LogP contribution in [-0.2, 0) is 0 Å². The van der Waals surface area contributed by atoms with Gasteiger partial charge in [0.1, 0.15) is 0 Å². The van der Waals surface area contributed by atoms with Crippen molar-refractivity contribution in [2.45, 2.75) is 31.7 Å². The van der Waals surface area contributed by atoms with Gasteiger partial charge in [0.25, 0.3) is 0 Å². The molecule has 1 atom stereocenters. The number of rotatable bonds is 4. The molecule has 72 valence electrons. The van der Waals surface area contributed by atoms with Crippen LogP contribution in [-0.4, -0.2) is 42.3 Å². The molecule has 1 rings (SSSR count). The lowest BCUT2D eigenvalue weighted by atomic mass is 10.0. The molecule has 1 heterocycles. The van der Waals surface area contributed by atoms with Crippen LogP contribution < -0.4 is 5.73 Å². The third-order valence-electron chi connectivity index (χ3n) is 2.61. The number of hydrogen-bond acceptors (Lipinski definition) is 3. The molecule has 0 aromatic heterocycles. The monoisotopic (exact) mass is 172 g/mol. The summed E-state index contributed by atoms with van der Waals surface area (Å²) in [6.07, 6.45) is 4.75. The maximum Gasteiger partial charge on any atom is 0.0586 e. The van der Waals surface area contributed by atoms with Crippen molar-refractivity contribution in [2.24, 2.45) is 5.73 Å². The van der Waals surface area contributed by atoms with E-state index in [4.69, 9.17) is 10.8 Å². The van der Waals surface area contributed by atoms with Gasteiger partial charge in [-0.05, 0) is 38.9 Å². The average molecular weight is 172 g/mol. The minimum Gasteiger partial charge on any atom is -0.395 e. The second-order valence-corrected chi connectivity index (χ2v) is 3.51. The van der Waals surface area contributed by atoms with Gasteiger partial charge in [-0.2, -0.15) is 0 Å². The maximum absolute atomic E-state index is 9.09. The van der Waals surface area contributed by atoms with E-state index in [-0.39, 0.29) is 0 Å². The number of hydrogen-bond donors (Lipinski definition) is 2. The van der Waals surface area contributed by atoms with Gasteiger partial charge in [0, 0.05) is 6.04 Å². The van der Waals surface area contributed by atoms with E-state index in [0.29, 0.717) is 12.6 Å². The average Bonchev–Trinajstić information content (AvgIpc) is 2.15. The highest BCUT2D eigenvalue weighted by molar-refractivity contribution is 4.75. The molecule has 0 aliphatic carbocycles. The van der Waals surface area contributed by atoms with Crippen molar-refractivity contribution in [3.8, 4) is 0 Å². The van der Waals surface area contributed by atoms with Gasteiger partial charge in [0.05, 0.1) is 6.61 Å². The van der Waals surface area contributed by atoms with Crippen molar-refractivity contribution in [2.75, 3.05) is 26.2 Å². The number of piperidine rings is 1. The predicted molar refractivity (Wildman–Crippen MR) is 50.0 cm³/mol. The molecule has 1 aliphatic heterocycles. The SMILES string of the molecule is NCCCN1CCCCC1CO. The number of nitrogens with two attached hydrogens (primary N) is 1. The Hall–Kier alpha value is -0.120. The van der Waals surface area contributed by atoms with E-state index in [1.807, 2.05) is 0 Å². The van der Waals surface area contributed by atoms with E-state index in [9.17, 15) is 0 Å². The summed E-state index contributed by atoms with van der Waals surface area (Å²) in [5.74, 6) is 0. The van der Waals surface area contributed by atoms with Crippen molar-refractivity contribution in [3.05, 3.63) is 0 Å². The molecule has 1 fully saturated rings. The fourth-order valence-corrected chi connectivity index (χ4v) is 1.86. The van der Waals surface area contributed by atoms with E-state index in [1.54, 1.807) is 0 Å². The first-order valence-electron chi connectivity index (χ1n) is 4.93. The van der Waals surface area contributed by atoms with E-state index in [2.05, 4.69) is 4.90 Å². The van der Waals surface area contributed by atoms with Crippen LogP contribution in [0.4, 0.5) is 0 Å².